The standard InChI is InChI=1S/C18H20Cl2N4O2S/c19-13-4-7-15(20)17(10-13)27(25,26)23-14-5-2-12(3-6-14)16-11-24-9-1-8-21-18(24)22-16/h2-7,10,16,18,21-23H,1,8-9,11H2. The maximum Gasteiger partial charge on any atom is 0.263 e. The van der Waals surface area contributed by atoms with Crippen LogP contribution < -0.4 is 15.4 Å². The molecular weight excluding hydrogens is 407 g/mol. The summed E-state index contributed by atoms with van der Waals surface area (Å²) in [4.78, 5) is 2.34. The van der Waals surface area contributed by atoms with Crippen molar-refractivity contribution >= 4 is 38.9 Å². The van der Waals surface area contributed by atoms with Crippen LogP contribution in [0.2, 0.25) is 10.0 Å². The van der Waals surface area contributed by atoms with Crippen molar-refractivity contribution in [3.05, 3.63) is 58.1 Å². The van der Waals surface area contributed by atoms with Crippen LogP contribution in [0.25, 0.3) is 0 Å². The molecule has 0 amide bonds. The van der Waals surface area contributed by atoms with Crippen molar-refractivity contribution in [3.8, 4) is 0 Å². The largest absolute Gasteiger partial charge is 0.289 e. The van der Waals surface area contributed by atoms with Gasteiger partial charge < -0.3 is 0 Å². The molecule has 2 saturated heterocycles. The fourth-order valence-corrected chi connectivity index (χ4v) is 5.32. The maximum atomic E-state index is 12.6. The number of fused-ring (bicyclic) bond motifs is 1. The number of rotatable bonds is 4. The van der Waals surface area contributed by atoms with Gasteiger partial charge in [0.25, 0.3) is 10.0 Å². The summed E-state index contributed by atoms with van der Waals surface area (Å²) < 4.78 is 27.8. The second-order valence-corrected chi connectivity index (χ2v) is 9.22. The van der Waals surface area contributed by atoms with E-state index in [0.29, 0.717) is 10.7 Å². The number of hydrogen-bond donors (Lipinski definition) is 3. The van der Waals surface area contributed by atoms with Crippen LogP contribution >= 0.6 is 23.2 Å². The fourth-order valence-electron chi connectivity index (χ4n) is 3.50. The van der Waals surface area contributed by atoms with Crippen molar-refractivity contribution < 1.29 is 8.42 Å². The average molecular weight is 427 g/mol. The lowest BCUT2D eigenvalue weighted by atomic mass is 10.1. The molecule has 0 saturated carbocycles. The molecule has 2 aromatic carbocycles. The fraction of sp³-hybridized carbons (Fsp3) is 0.333. The Balaban J connectivity index is 1.49. The van der Waals surface area contributed by atoms with E-state index in [4.69, 9.17) is 23.2 Å². The molecule has 2 aliphatic rings. The Bertz CT molecular complexity index is 923. The van der Waals surface area contributed by atoms with Gasteiger partial charge >= 0.3 is 0 Å². The number of hydrogen-bond acceptors (Lipinski definition) is 5. The molecule has 4 rings (SSSR count). The molecule has 2 heterocycles. The minimum Gasteiger partial charge on any atom is -0.289 e. The van der Waals surface area contributed by atoms with Crippen LogP contribution in [0.3, 0.4) is 0 Å². The highest BCUT2D eigenvalue weighted by molar-refractivity contribution is 7.92. The smallest absolute Gasteiger partial charge is 0.263 e. The molecule has 2 aromatic rings. The molecule has 0 bridgehead atoms. The van der Waals surface area contributed by atoms with Crippen LogP contribution in [0.15, 0.2) is 47.4 Å². The predicted octanol–water partition coefficient (Wildman–Crippen LogP) is 3.02. The lowest BCUT2D eigenvalue weighted by molar-refractivity contribution is 0.166. The molecule has 144 valence electrons. The van der Waals surface area contributed by atoms with Gasteiger partial charge in [-0.25, -0.2) is 8.42 Å². The van der Waals surface area contributed by atoms with Crippen molar-refractivity contribution in [1.29, 1.82) is 0 Å². The zero-order valence-corrected chi connectivity index (χ0v) is 16.8. The third kappa shape index (κ3) is 4.08. The maximum absolute atomic E-state index is 12.6. The van der Waals surface area contributed by atoms with E-state index in [2.05, 4.69) is 20.3 Å². The van der Waals surface area contributed by atoms with Crippen LogP contribution in [0.1, 0.15) is 18.0 Å². The van der Waals surface area contributed by atoms with Gasteiger partial charge in [0.2, 0.25) is 0 Å². The zero-order chi connectivity index (χ0) is 19.0. The number of nitrogens with zero attached hydrogens (tertiary/aromatic N) is 1. The SMILES string of the molecule is O=S(=O)(Nc1ccc(C2CN3CCCNC3N2)cc1)c1cc(Cl)ccc1Cl. The van der Waals surface area contributed by atoms with Gasteiger partial charge in [-0.15, -0.1) is 0 Å². The highest BCUT2D eigenvalue weighted by atomic mass is 35.5. The molecule has 2 atom stereocenters. The van der Waals surface area contributed by atoms with Crippen molar-refractivity contribution in [1.82, 2.24) is 15.5 Å². The Labute approximate surface area is 168 Å². The summed E-state index contributed by atoms with van der Waals surface area (Å²) in [6, 6.07) is 12.0. The molecule has 2 aliphatic heterocycles. The molecule has 0 spiro atoms. The van der Waals surface area contributed by atoms with E-state index in [1.165, 1.54) is 12.1 Å². The van der Waals surface area contributed by atoms with Crippen LogP contribution in [-0.2, 0) is 10.0 Å². The molecule has 6 nitrogen and oxygen atoms in total. The second-order valence-electron chi connectivity index (χ2n) is 6.73. The first-order valence-electron chi connectivity index (χ1n) is 8.74. The van der Waals surface area contributed by atoms with Gasteiger partial charge in [-0.05, 0) is 48.9 Å². The van der Waals surface area contributed by atoms with Crippen LogP contribution in [0.4, 0.5) is 5.69 Å². The third-order valence-corrected chi connectivity index (χ3v) is 6.95. The topological polar surface area (TPSA) is 73.5 Å². The van der Waals surface area contributed by atoms with Gasteiger partial charge in [0.1, 0.15) is 11.2 Å². The quantitative estimate of drug-likeness (QED) is 0.700. The number of sulfonamides is 1. The van der Waals surface area contributed by atoms with Crippen molar-refractivity contribution in [3.63, 3.8) is 0 Å². The number of benzene rings is 2. The number of nitrogens with one attached hydrogen (secondary N) is 3. The Morgan fingerprint density at radius 1 is 1.11 bits per heavy atom. The van der Waals surface area contributed by atoms with Crippen LogP contribution in [-0.4, -0.2) is 39.2 Å². The van der Waals surface area contributed by atoms with E-state index in [1.807, 2.05) is 12.1 Å². The van der Waals surface area contributed by atoms with Gasteiger partial charge in [0.05, 0.1) is 5.02 Å². The van der Waals surface area contributed by atoms with Crippen LogP contribution in [0.5, 0.6) is 0 Å². The average Bonchev–Trinajstić information content (AvgIpc) is 3.08. The minimum atomic E-state index is -3.82. The third-order valence-electron chi connectivity index (χ3n) is 4.85. The normalized spacial score (nSPS) is 23.2. The summed E-state index contributed by atoms with van der Waals surface area (Å²) in [7, 11) is -3.82. The molecular formula is C18H20Cl2N4O2S. The van der Waals surface area contributed by atoms with E-state index in [0.717, 1.165) is 31.6 Å². The summed E-state index contributed by atoms with van der Waals surface area (Å²) in [5.41, 5.74) is 1.60. The van der Waals surface area contributed by atoms with Gasteiger partial charge in [-0.1, -0.05) is 35.3 Å². The van der Waals surface area contributed by atoms with Crippen molar-refractivity contribution in [2.45, 2.75) is 23.6 Å². The van der Waals surface area contributed by atoms with Gasteiger partial charge in [0.15, 0.2) is 0 Å². The molecule has 2 fully saturated rings. The van der Waals surface area contributed by atoms with E-state index >= 15 is 0 Å². The van der Waals surface area contributed by atoms with Crippen molar-refractivity contribution in [2.75, 3.05) is 24.4 Å². The summed E-state index contributed by atoms with van der Waals surface area (Å²) in [6.45, 7) is 3.04. The second kappa shape index (κ2) is 7.58. The Hall–Kier alpha value is -1.35. The summed E-state index contributed by atoms with van der Waals surface area (Å²) in [6.07, 6.45) is 1.37. The molecule has 3 N–H and O–H groups in total. The first kappa shape index (κ1) is 19.0. The van der Waals surface area contributed by atoms with Gasteiger partial charge in [-0.3, -0.25) is 20.3 Å². The summed E-state index contributed by atoms with van der Waals surface area (Å²) in [5.74, 6) is 0. The summed E-state index contributed by atoms with van der Waals surface area (Å²) >= 11 is 11.9. The lowest BCUT2D eigenvalue weighted by Crippen LogP contribution is -2.52. The minimum absolute atomic E-state index is 0.0406. The Morgan fingerprint density at radius 2 is 1.89 bits per heavy atom. The van der Waals surface area contributed by atoms with E-state index in [1.54, 1.807) is 18.2 Å². The molecule has 27 heavy (non-hydrogen) atoms. The van der Waals surface area contributed by atoms with E-state index in [9.17, 15) is 8.42 Å². The Morgan fingerprint density at radius 3 is 2.63 bits per heavy atom. The highest BCUT2D eigenvalue weighted by Crippen LogP contribution is 2.28. The lowest BCUT2D eigenvalue weighted by Gasteiger charge is -2.29. The first-order chi connectivity index (χ1) is 12.9. The molecule has 2 unspecified atom stereocenters. The molecule has 0 radical (unpaired) electrons. The summed E-state index contributed by atoms with van der Waals surface area (Å²) in [5, 5.41) is 7.45. The van der Waals surface area contributed by atoms with E-state index < -0.39 is 10.0 Å². The first-order valence-corrected chi connectivity index (χ1v) is 11.0. The van der Waals surface area contributed by atoms with Gasteiger partial charge in [-0.2, -0.15) is 0 Å². The number of anilines is 1. The predicted molar refractivity (Wildman–Crippen MR) is 108 cm³/mol. The van der Waals surface area contributed by atoms with Crippen LogP contribution in [0, 0.1) is 0 Å². The Kier molecular flexibility index (Phi) is 5.33. The molecule has 9 heteroatoms. The number of halogens is 2. The molecule has 0 aliphatic carbocycles. The highest BCUT2D eigenvalue weighted by Gasteiger charge is 2.33. The van der Waals surface area contributed by atoms with Gasteiger partial charge in [0, 0.05) is 29.8 Å². The monoisotopic (exact) mass is 426 g/mol. The van der Waals surface area contributed by atoms with Crippen molar-refractivity contribution in [2.24, 2.45) is 0 Å². The zero-order valence-electron chi connectivity index (χ0n) is 14.5. The molecule has 0 aromatic heterocycles. The van der Waals surface area contributed by atoms with E-state index in [-0.39, 0.29) is 22.2 Å².